The highest BCUT2D eigenvalue weighted by Gasteiger charge is 2.34. The smallest absolute Gasteiger partial charge is 0.248 e. The third kappa shape index (κ3) is 2.17. The average molecular weight is 291 g/mol. The van der Waals surface area contributed by atoms with Gasteiger partial charge < -0.3 is 5.73 Å². The van der Waals surface area contributed by atoms with Crippen LogP contribution in [0, 0.1) is 5.92 Å². The van der Waals surface area contributed by atoms with Gasteiger partial charge in [0.1, 0.15) is 0 Å². The van der Waals surface area contributed by atoms with Crippen molar-refractivity contribution in [2.45, 2.75) is 18.9 Å². The molecule has 1 atom stereocenters. The molecule has 1 aliphatic carbocycles. The van der Waals surface area contributed by atoms with Crippen molar-refractivity contribution in [3.8, 4) is 0 Å². The fourth-order valence-corrected chi connectivity index (χ4v) is 3.10. The van der Waals surface area contributed by atoms with E-state index >= 15 is 0 Å². The number of amides is 1. The van der Waals surface area contributed by atoms with Gasteiger partial charge in [0.15, 0.2) is 0 Å². The van der Waals surface area contributed by atoms with Crippen molar-refractivity contribution < 1.29 is 4.79 Å². The van der Waals surface area contributed by atoms with E-state index in [0.29, 0.717) is 11.5 Å². The third-order valence-electron chi connectivity index (χ3n) is 4.35. The third-order valence-corrected chi connectivity index (χ3v) is 4.35. The predicted molar refractivity (Wildman–Crippen MR) is 85.6 cm³/mol. The van der Waals surface area contributed by atoms with Crippen LogP contribution in [0.2, 0.25) is 0 Å². The summed E-state index contributed by atoms with van der Waals surface area (Å²) in [6.45, 7) is 0. The molecule has 110 valence electrons. The monoisotopic (exact) mass is 291 g/mol. The molecule has 1 heterocycles. The van der Waals surface area contributed by atoms with E-state index in [0.717, 1.165) is 10.9 Å². The summed E-state index contributed by atoms with van der Waals surface area (Å²) in [6.07, 6.45) is 4.29. The summed E-state index contributed by atoms with van der Waals surface area (Å²) < 4.78 is 2.09. The number of carbonyl (C=O) groups excluding carboxylic acids is 1. The van der Waals surface area contributed by atoms with Crippen LogP contribution in [0.1, 0.15) is 34.8 Å². The Morgan fingerprint density at radius 2 is 1.95 bits per heavy atom. The second-order valence-corrected chi connectivity index (χ2v) is 5.92. The minimum absolute atomic E-state index is 0.262. The summed E-state index contributed by atoms with van der Waals surface area (Å²) in [5.41, 5.74) is 8.21. The van der Waals surface area contributed by atoms with Crippen LogP contribution in [0.4, 0.5) is 0 Å². The van der Waals surface area contributed by atoms with E-state index < -0.39 is 5.91 Å². The number of rotatable bonds is 4. The number of carbonyl (C=O) groups is 1. The minimum Gasteiger partial charge on any atom is -0.366 e. The number of primary amides is 1. The van der Waals surface area contributed by atoms with Crippen molar-refractivity contribution in [3.63, 3.8) is 0 Å². The normalized spacial score (nSPS) is 15.8. The largest absolute Gasteiger partial charge is 0.366 e. The quantitative estimate of drug-likeness (QED) is 0.802. The van der Waals surface area contributed by atoms with E-state index in [1.165, 1.54) is 18.4 Å². The first-order valence-electron chi connectivity index (χ1n) is 7.56. The van der Waals surface area contributed by atoms with Crippen molar-refractivity contribution in [2.24, 2.45) is 11.7 Å². The molecule has 4 heteroatoms. The zero-order valence-electron chi connectivity index (χ0n) is 12.1. The first-order valence-corrected chi connectivity index (χ1v) is 7.56. The van der Waals surface area contributed by atoms with E-state index in [1.54, 1.807) is 6.07 Å². The topological polar surface area (TPSA) is 60.9 Å². The number of nitrogens with zero attached hydrogens (tertiary/aromatic N) is 2. The molecule has 1 amide bonds. The van der Waals surface area contributed by atoms with Gasteiger partial charge in [-0.1, -0.05) is 30.3 Å². The summed E-state index contributed by atoms with van der Waals surface area (Å²) in [5.74, 6) is 0.234. The number of hydrogen-bond acceptors (Lipinski definition) is 2. The highest BCUT2D eigenvalue weighted by atomic mass is 16.1. The number of aromatic nitrogens is 2. The molecule has 0 radical (unpaired) electrons. The lowest BCUT2D eigenvalue weighted by atomic mass is 10.0. The molecule has 2 aromatic carbocycles. The van der Waals surface area contributed by atoms with Gasteiger partial charge >= 0.3 is 0 Å². The average Bonchev–Trinajstić information content (AvgIpc) is 3.28. The van der Waals surface area contributed by atoms with E-state index in [2.05, 4.69) is 34.0 Å². The SMILES string of the molecule is NC(=O)c1ccc2c(cnn2C(c2ccccc2)C2CC2)c1. The fourth-order valence-electron chi connectivity index (χ4n) is 3.10. The molecular weight excluding hydrogens is 274 g/mol. The second-order valence-electron chi connectivity index (χ2n) is 5.92. The highest BCUT2D eigenvalue weighted by Crippen LogP contribution is 2.44. The van der Waals surface area contributed by atoms with Crippen molar-refractivity contribution in [3.05, 3.63) is 65.9 Å². The molecule has 1 fully saturated rings. The number of nitrogens with two attached hydrogens (primary N) is 1. The molecule has 3 aromatic rings. The molecule has 0 spiro atoms. The lowest BCUT2D eigenvalue weighted by Gasteiger charge is -2.18. The minimum atomic E-state index is -0.406. The first-order chi connectivity index (χ1) is 10.7. The fraction of sp³-hybridized carbons (Fsp3) is 0.222. The van der Waals surface area contributed by atoms with Crippen LogP contribution < -0.4 is 5.73 Å². The second kappa shape index (κ2) is 4.98. The van der Waals surface area contributed by atoms with Crippen molar-refractivity contribution >= 4 is 16.8 Å². The lowest BCUT2D eigenvalue weighted by molar-refractivity contribution is 0.100. The van der Waals surface area contributed by atoms with E-state index in [9.17, 15) is 4.79 Å². The molecule has 4 nitrogen and oxygen atoms in total. The van der Waals surface area contributed by atoms with Crippen LogP contribution in [0.15, 0.2) is 54.7 Å². The van der Waals surface area contributed by atoms with Gasteiger partial charge in [-0.2, -0.15) is 5.10 Å². The van der Waals surface area contributed by atoms with Crippen LogP contribution in [0.3, 0.4) is 0 Å². The molecule has 2 N–H and O–H groups in total. The lowest BCUT2D eigenvalue weighted by Crippen LogP contribution is -2.14. The van der Waals surface area contributed by atoms with Crippen LogP contribution >= 0.6 is 0 Å². The van der Waals surface area contributed by atoms with E-state index in [4.69, 9.17) is 5.73 Å². The van der Waals surface area contributed by atoms with Crippen molar-refractivity contribution in [1.29, 1.82) is 0 Å². The summed E-state index contributed by atoms with van der Waals surface area (Å²) in [4.78, 5) is 11.3. The maximum atomic E-state index is 11.3. The van der Waals surface area contributed by atoms with E-state index in [-0.39, 0.29) is 6.04 Å². The summed E-state index contributed by atoms with van der Waals surface area (Å²) in [6, 6.07) is 16.3. The van der Waals surface area contributed by atoms with Gasteiger partial charge in [-0.3, -0.25) is 9.48 Å². The maximum absolute atomic E-state index is 11.3. The Kier molecular flexibility index (Phi) is 2.96. The Morgan fingerprint density at radius 1 is 1.18 bits per heavy atom. The molecule has 1 saturated carbocycles. The summed E-state index contributed by atoms with van der Waals surface area (Å²) in [5, 5.41) is 5.55. The molecule has 0 bridgehead atoms. The maximum Gasteiger partial charge on any atom is 0.248 e. The Labute approximate surface area is 128 Å². The predicted octanol–water partition coefficient (Wildman–Crippen LogP) is 3.13. The van der Waals surface area contributed by atoms with Gasteiger partial charge in [-0.05, 0) is 42.5 Å². The van der Waals surface area contributed by atoms with E-state index in [1.807, 2.05) is 24.4 Å². The Bertz CT molecular complexity index is 834. The molecule has 1 unspecified atom stereocenters. The van der Waals surface area contributed by atoms with Crippen LogP contribution in [0.5, 0.6) is 0 Å². The van der Waals surface area contributed by atoms with Gasteiger partial charge in [0, 0.05) is 10.9 Å². The molecule has 1 aromatic heterocycles. The van der Waals surface area contributed by atoms with Gasteiger partial charge in [0.25, 0.3) is 0 Å². The Morgan fingerprint density at radius 3 is 2.64 bits per heavy atom. The highest BCUT2D eigenvalue weighted by molar-refractivity contribution is 5.96. The zero-order valence-corrected chi connectivity index (χ0v) is 12.1. The van der Waals surface area contributed by atoms with Crippen LogP contribution in [-0.2, 0) is 0 Å². The zero-order chi connectivity index (χ0) is 15.1. The van der Waals surface area contributed by atoms with Crippen molar-refractivity contribution in [1.82, 2.24) is 9.78 Å². The summed E-state index contributed by atoms with van der Waals surface area (Å²) in [7, 11) is 0. The van der Waals surface area contributed by atoms with Crippen LogP contribution in [0.25, 0.3) is 10.9 Å². The standard InChI is InChI=1S/C18H17N3O/c19-18(22)14-8-9-16-15(10-14)11-20-21(16)17(13-6-7-13)12-4-2-1-3-5-12/h1-5,8-11,13,17H,6-7H2,(H2,19,22). The van der Waals surface area contributed by atoms with Gasteiger partial charge in [0.2, 0.25) is 5.91 Å². The Balaban J connectivity index is 1.83. The Hall–Kier alpha value is -2.62. The number of hydrogen-bond donors (Lipinski definition) is 1. The molecule has 1 aliphatic rings. The van der Waals surface area contributed by atoms with Gasteiger partial charge in [0.05, 0.1) is 17.8 Å². The molecule has 22 heavy (non-hydrogen) atoms. The number of fused-ring (bicyclic) bond motifs is 1. The van der Waals surface area contributed by atoms with Gasteiger partial charge in [-0.25, -0.2) is 0 Å². The van der Waals surface area contributed by atoms with Crippen LogP contribution in [-0.4, -0.2) is 15.7 Å². The first kappa shape index (κ1) is 13.1. The summed E-state index contributed by atoms with van der Waals surface area (Å²) >= 11 is 0. The number of benzene rings is 2. The molecule has 4 rings (SSSR count). The molecule has 0 saturated heterocycles. The van der Waals surface area contributed by atoms with Gasteiger partial charge in [-0.15, -0.1) is 0 Å². The van der Waals surface area contributed by atoms with Crippen molar-refractivity contribution in [2.75, 3.05) is 0 Å². The molecular formula is C18H17N3O. The molecule has 0 aliphatic heterocycles.